The first-order chi connectivity index (χ1) is 23.1. The number of fused-ring (bicyclic) bond motifs is 6. The van der Waals surface area contributed by atoms with Gasteiger partial charge in [0, 0.05) is 43.2 Å². The molecule has 0 aromatic heterocycles. The van der Waals surface area contributed by atoms with Crippen molar-refractivity contribution in [3.05, 3.63) is 149 Å². The van der Waals surface area contributed by atoms with Crippen LogP contribution in [0, 0.1) is 13.8 Å². The summed E-state index contributed by atoms with van der Waals surface area (Å²) in [7, 11) is 0.895. The minimum atomic E-state index is -0.147. The third-order valence-corrected chi connectivity index (χ3v) is 12.2. The Hall–Kier alpha value is -4.67. The predicted molar refractivity (Wildman–Crippen MR) is 207 cm³/mol. The van der Waals surface area contributed by atoms with Crippen LogP contribution in [-0.4, -0.2) is 7.28 Å². The predicted octanol–water partition coefficient (Wildman–Crippen LogP) is 10.3. The molecular formula is C44H39BN2S. The number of benzene rings is 6. The normalized spacial score (nSPS) is 15.7. The minimum absolute atomic E-state index is 0.140. The summed E-state index contributed by atoms with van der Waals surface area (Å²) in [4.78, 5) is 5.18. The molecule has 1 N–H and O–H groups in total. The summed E-state index contributed by atoms with van der Waals surface area (Å²) in [5, 5.41) is 3.97. The summed E-state index contributed by atoms with van der Waals surface area (Å²) < 4.78 is 0. The van der Waals surface area contributed by atoms with Crippen LogP contribution in [0.4, 0.5) is 28.4 Å². The minimum Gasteiger partial charge on any atom is -0.355 e. The molecule has 6 aromatic rings. The molecule has 234 valence electrons. The van der Waals surface area contributed by atoms with E-state index >= 15 is 0 Å². The van der Waals surface area contributed by atoms with E-state index in [4.69, 9.17) is 0 Å². The largest absolute Gasteiger partial charge is 0.355 e. The lowest BCUT2D eigenvalue weighted by Crippen LogP contribution is -2.42. The number of nitrogens with zero attached hydrogens (tertiary/aromatic N) is 1. The highest BCUT2D eigenvalue weighted by Crippen LogP contribution is 2.54. The van der Waals surface area contributed by atoms with E-state index in [0.717, 1.165) is 18.7 Å². The number of rotatable bonds is 3. The SMILES string of the molecule is Cc1cc(-c2cc3c(cc2Nc2ccccc2C)C(C)(C)c2ccccc2C3(C)C)c2c(c1)N1c3ccccc3Sc3cccc(c31)B2. The summed E-state index contributed by atoms with van der Waals surface area (Å²) in [6, 6.07) is 43.3. The molecule has 9 rings (SSSR count). The quantitative estimate of drug-likeness (QED) is 0.194. The number of nitrogens with one attached hydrogen (secondary N) is 1. The second-order valence-electron chi connectivity index (χ2n) is 14.8. The molecule has 0 amide bonds. The molecular weight excluding hydrogens is 599 g/mol. The molecule has 6 aromatic carbocycles. The summed E-state index contributed by atoms with van der Waals surface area (Å²) in [6.07, 6.45) is 0. The van der Waals surface area contributed by atoms with Crippen LogP contribution in [0.3, 0.4) is 0 Å². The van der Waals surface area contributed by atoms with E-state index in [-0.39, 0.29) is 10.8 Å². The Labute approximate surface area is 289 Å². The Kier molecular flexibility index (Phi) is 6.40. The van der Waals surface area contributed by atoms with Gasteiger partial charge < -0.3 is 10.2 Å². The Morgan fingerprint density at radius 2 is 1.25 bits per heavy atom. The van der Waals surface area contributed by atoms with E-state index in [1.165, 1.54) is 82.3 Å². The van der Waals surface area contributed by atoms with E-state index < -0.39 is 0 Å². The van der Waals surface area contributed by atoms with E-state index in [1.54, 1.807) is 0 Å². The second-order valence-corrected chi connectivity index (χ2v) is 15.9. The first kappa shape index (κ1) is 29.5. The molecule has 0 saturated heterocycles. The molecule has 0 bridgehead atoms. The van der Waals surface area contributed by atoms with Crippen LogP contribution in [0.15, 0.2) is 125 Å². The van der Waals surface area contributed by atoms with Crippen molar-refractivity contribution < 1.29 is 0 Å². The van der Waals surface area contributed by atoms with Crippen molar-refractivity contribution in [2.75, 3.05) is 10.2 Å². The van der Waals surface area contributed by atoms with E-state index in [2.05, 4.69) is 167 Å². The average Bonchev–Trinajstić information content (AvgIpc) is 3.08. The fraction of sp³-hybridized carbons (Fsp3) is 0.182. The zero-order valence-corrected chi connectivity index (χ0v) is 29.3. The van der Waals surface area contributed by atoms with Crippen LogP contribution < -0.4 is 21.1 Å². The van der Waals surface area contributed by atoms with Crippen molar-refractivity contribution >= 4 is 58.4 Å². The van der Waals surface area contributed by atoms with Gasteiger partial charge in [-0.2, -0.15) is 0 Å². The maximum atomic E-state index is 3.97. The average molecular weight is 639 g/mol. The van der Waals surface area contributed by atoms with Crippen LogP contribution >= 0.6 is 11.8 Å². The molecule has 4 heteroatoms. The Morgan fingerprint density at radius 3 is 2.02 bits per heavy atom. The maximum Gasteiger partial charge on any atom is 0.198 e. The molecule has 0 unspecified atom stereocenters. The van der Waals surface area contributed by atoms with Gasteiger partial charge in [0.15, 0.2) is 7.28 Å². The zero-order chi connectivity index (χ0) is 32.9. The zero-order valence-electron chi connectivity index (χ0n) is 28.5. The van der Waals surface area contributed by atoms with E-state index in [1.807, 2.05) is 11.8 Å². The number of para-hydroxylation sites is 3. The third-order valence-electron chi connectivity index (χ3n) is 11.1. The van der Waals surface area contributed by atoms with Crippen LogP contribution in [0.25, 0.3) is 11.1 Å². The Morgan fingerprint density at radius 1 is 0.583 bits per heavy atom. The number of hydrogen-bond donors (Lipinski definition) is 1. The molecule has 0 fully saturated rings. The molecule has 2 heterocycles. The first-order valence-corrected chi connectivity index (χ1v) is 17.9. The topological polar surface area (TPSA) is 15.3 Å². The van der Waals surface area contributed by atoms with E-state index in [9.17, 15) is 0 Å². The summed E-state index contributed by atoms with van der Waals surface area (Å²) in [6.45, 7) is 14.1. The first-order valence-electron chi connectivity index (χ1n) is 17.1. The summed E-state index contributed by atoms with van der Waals surface area (Å²) >= 11 is 1.89. The summed E-state index contributed by atoms with van der Waals surface area (Å²) in [5.41, 5.74) is 19.4. The molecule has 48 heavy (non-hydrogen) atoms. The second kappa shape index (κ2) is 10.4. The van der Waals surface area contributed by atoms with Gasteiger partial charge in [-0.3, -0.25) is 0 Å². The van der Waals surface area contributed by atoms with Crippen LogP contribution in [-0.2, 0) is 10.8 Å². The highest BCUT2D eigenvalue weighted by molar-refractivity contribution is 7.99. The Balaban J connectivity index is 1.33. The molecule has 3 aliphatic rings. The van der Waals surface area contributed by atoms with Gasteiger partial charge in [0.2, 0.25) is 0 Å². The molecule has 0 atom stereocenters. The maximum absolute atomic E-state index is 3.97. The molecule has 2 nitrogen and oxygen atoms in total. The molecule has 0 saturated carbocycles. The van der Waals surface area contributed by atoms with Crippen molar-refractivity contribution in [3.8, 4) is 11.1 Å². The van der Waals surface area contributed by atoms with Gasteiger partial charge >= 0.3 is 0 Å². The smallest absolute Gasteiger partial charge is 0.198 e. The van der Waals surface area contributed by atoms with Crippen molar-refractivity contribution in [1.82, 2.24) is 0 Å². The monoisotopic (exact) mass is 638 g/mol. The molecule has 0 spiro atoms. The van der Waals surface area contributed by atoms with Crippen LogP contribution in [0.5, 0.6) is 0 Å². The fourth-order valence-electron chi connectivity index (χ4n) is 8.56. The van der Waals surface area contributed by atoms with E-state index in [0.29, 0.717) is 0 Å². The van der Waals surface area contributed by atoms with Gasteiger partial charge in [-0.1, -0.05) is 118 Å². The van der Waals surface area contributed by atoms with Crippen molar-refractivity contribution in [1.29, 1.82) is 0 Å². The molecule has 1 aliphatic carbocycles. The lowest BCUT2D eigenvalue weighted by atomic mass is 9.57. The molecule has 2 aliphatic heterocycles. The van der Waals surface area contributed by atoms with Crippen LogP contribution in [0.1, 0.15) is 61.1 Å². The van der Waals surface area contributed by atoms with Gasteiger partial charge in [0.05, 0.1) is 11.4 Å². The van der Waals surface area contributed by atoms with Gasteiger partial charge in [-0.15, -0.1) is 0 Å². The lowest BCUT2D eigenvalue weighted by Gasteiger charge is -2.44. The van der Waals surface area contributed by atoms with Crippen molar-refractivity contribution in [3.63, 3.8) is 0 Å². The highest BCUT2D eigenvalue weighted by Gasteiger charge is 2.42. The highest BCUT2D eigenvalue weighted by atomic mass is 32.2. The Bertz CT molecular complexity index is 2320. The number of anilines is 5. The fourth-order valence-corrected chi connectivity index (χ4v) is 9.67. The van der Waals surface area contributed by atoms with Gasteiger partial charge in [-0.05, 0) is 101 Å². The number of aryl methyl sites for hydroxylation is 2. The van der Waals surface area contributed by atoms with Crippen LogP contribution in [0.2, 0.25) is 0 Å². The van der Waals surface area contributed by atoms with Gasteiger partial charge in [0.25, 0.3) is 0 Å². The summed E-state index contributed by atoms with van der Waals surface area (Å²) in [5.74, 6) is 0. The number of hydrogen-bond acceptors (Lipinski definition) is 3. The van der Waals surface area contributed by atoms with Crippen molar-refractivity contribution in [2.45, 2.75) is 62.2 Å². The lowest BCUT2D eigenvalue weighted by molar-refractivity contribution is 0.521. The third kappa shape index (κ3) is 4.21. The molecule has 0 radical (unpaired) electrons. The van der Waals surface area contributed by atoms with Crippen molar-refractivity contribution in [2.24, 2.45) is 0 Å². The van der Waals surface area contributed by atoms with Gasteiger partial charge in [0.1, 0.15) is 0 Å². The standard InChI is InChI=1S/C44H39BN2S/c1-26-22-29(41-38(23-26)47-37-19-11-12-20-39(37)48-40-21-13-17-34(45-41)42(40)47)28-24-32-33(25-36(28)46-35-18-10-7-14-27(35)2)44(5,6)31-16-9-8-15-30(31)43(32,3)4/h7-25,45-46H,1-6H3. The van der Waals surface area contributed by atoms with Gasteiger partial charge in [-0.25, -0.2) is 0 Å².